The van der Waals surface area contributed by atoms with Crippen LogP contribution in [0.1, 0.15) is 110 Å². The van der Waals surface area contributed by atoms with E-state index in [0.29, 0.717) is 19.3 Å². The summed E-state index contributed by atoms with van der Waals surface area (Å²) in [6.07, 6.45) is 30.5. The monoisotopic (exact) mass is 738 g/mol. The molecule has 0 amide bonds. The van der Waals surface area contributed by atoms with Crippen molar-refractivity contribution in [1.29, 1.82) is 0 Å². The average Bonchev–Trinajstić information content (AvgIpc) is 3.35. The van der Waals surface area contributed by atoms with E-state index in [1.807, 2.05) is 0 Å². The number of unbranched alkanes of at least 4 members (excludes halogenated alkanes) is 4. The van der Waals surface area contributed by atoms with Crippen LogP contribution >= 0.6 is 7.82 Å². The van der Waals surface area contributed by atoms with E-state index in [1.165, 1.54) is 0 Å². The molecule has 1 rings (SSSR count). The van der Waals surface area contributed by atoms with Crippen molar-refractivity contribution in [2.24, 2.45) is 11.8 Å². The van der Waals surface area contributed by atoms with Gasteiger partial charge in [0.1, 0.15) is 6.61 Å². The molecule has 51 heavy (non-hydrogen) atoms. The van der Waals surface area contributed by atoms with Crippen molar-refractivity contribution < 1.29 is 53.3 Å². The molecule has 6 atom stereocenters. The van der Waals surface area contributed by atoms with Gasteiger partial charge < -0.3 is 34.6 Å². The van der Waals surface area contributed by atoms with Gasteiger partial charge in [-0.3, -0.25) is 14.1 Å². The van der Waals surface area contributed by atoms with Crippen LogP contribution in [0.3, 0.4) is 0 Å². The zero-order valence-electron chi connectivity index (χ0n) is 30.5. The maximum absolute atomic E-state index is 12.5. The molecule has 0 saturated heterocycles. The molecule has 11 nitrogen and oxygen atoms in total. The fourth-order valence-electron chi connectivity index (χ4n) is 5.51. The molecule has 12 heteroatoms. The number of esters is 2. The Balaban J connectivity index is 2.44. The fraction of sp³-hybridized carbons (Fsp3) is 0.641. The highest BCUT2D eigenvalue weighted by molar-refractivity contribution is 7.46. The zero-order chi connectivity index (χ0) is 37.7. The molecule has 1 fully saturated rings. The van der Waals surface area contributed by atoms with Crippen molar-refractivity contribution in [2.45, 2.75) is 135 Å². The quantitative estimate of drug-likeness (QED) is 0.0239. The third-order valence-corrected chi connectivity index (χ3v) is 8.80. The van der Waals surface area contributed by atoms with Gasteiger partial charge in [0, 0.05) is 18.8 Å². The van der Waals surface area contributed by atoms with Gasteiger partial charge in [-0.25, -0.2) is 4.57 Å². The van der Waals surface area contributed by atoms with Crippen LogP contribution < -0.4 is 0 Å². The van der Waals surface area contributed by atoms with Crippen LogP contribution in [0.5, 0.6) is 0 Å². The molecule has 0 heterocycles. The summed E-state index contributed by atoms with van der Waals surface area (Å²) in [5.41, 5.74) is 0. The third-order valence-electron chi connectivity index (χ3n) is 8.31. The lowest BCUT2D eigenvalue weighted by molar-refractivity contribution is -0.160. The van der Waals surface area contributed by atoms with Gasteiger partial charge in [-0.1, -0.05) is 106 Å². The first-order chi connectivity index (χ1) is 24.5. The molecule has 290 valence electrons. The van der Waals surface area contributed by atoms with Crippen LogP contribution in [-0.4, -0.2) is 74.7 Å². The largest absolute Gasteiger partial charge is 0.469 e. The number of phosphoric ester groups is 1. The Morgan fingerprint density at radius 2 is 1.47 bits per heavy atom. The minimum atomic E-state index is -4.86. The third kappa shape index (κ3) is 25.1. The topological polar surface area (TPSA) is 180 Å². The summed E-state index contributed by atoms with van der Waals surface area (Å²) in [7, 11) is -4.86. The lowest BCUT2D eigenvalue weighted by Crippen LogP contribution is -2.29. The summed E-state index contributed by atoms with van der Waals surface area (Å²) in [5.74, 6) is -1.89. The summed E-state index contributed by atoms with van der Waals surface area (Å²) in [4.78, 5) is 43.0. The Morgan fingerprint density at radius 3 is 2.12 bits per heavy atom. The molecule has 1 saturated carbocycles. The van der Waals surface area contributed by atoms with Crippen LogP contribution in [0.4, 0.5) is 0 Å². The number of allylic oxidation sites excluding steroid dienone is 9. The van der Waals surface area contributed by atoms with Crippen molar-refractivity contribution in [3.8, 4) is 0 Å². The summed E-state index contributed by atoms with van der Waals surface area (Å²) in [6, 6.07) is 0. The summed E-state index contributed by atoms with van der Waals surface area (Å²) in [6.45, 7) is 3.12. The van der Waals surface area contributed by atoms with Crippen molar-refractivity contribution >= 4 is 19.8 Å². The molecular weight excluding hydrogens is 675 g/mol. The highest BCUT2D eigenvalue weighted by Gasteiger charge is 2.39. The molecule has 5 N–H and O–H groups in total. The van der Waals surface area contributed by atoms with E-state index in [2.05, 4.69) is 67.0 Å². The number of carbonyl (C=O) groups excluding carboxylic acids is 2. The molecule has 0 radical (unpaired) electrons. The summed E-state index contributed by atoms with van der Waals surface area (Å²) < 4.78 is 26.2. The molecule has 0 spiro atoms. The number of phosphoric acid groups is 1. The van der Waals surface area contributed by atoms with Crippen LogP contribution in [0.2, 0.25) is 0 Å². The van der Waals surface area contributed by atoms with Crippen molar-refractivity contribution in [3.05, 3.63) is 72.9 Å². The van der Waals surface area contributed by atoms with Crippen LogP contribution in [0, 0.1) is 11.8 Å². The molecule has 0 bridgehead atoms. The number of hydrogen-bond donors (Lipinski definition) is 5. The first-order valence-electron chi connectivity index (χ1n) is 18.5. The Bertz CT molecular complexity index is 1170. The number of rotatable bonds is 28. The lowest BCUT2D eigenvalue weighted by Gasteiger charge is -2.20. The second-order valence-corrected chi connectivity index (χ2v) is 14.0. The normalized spacial score (nSPS) is 21.3. The Labute approximate surface area is 305 Å². The standard InChI is InChI=1S/C39H63O11P/c1-3-5-7-8-9-10-11-12-13-14-15-16-17-18-20-25-38(43)48-30-33(31-49-51(45,46)47)50-39(44)26-22-21-24-34-35(37(42)29-36(34)41)28-27-32(40)23-19-6-4-2/h5,7,9-10,12-13,15-16,21-22,27-28,32-37,40-42H,3-4,6,8,11,14,17-20,23-26,29-31H2,1-2H3,(H2,45,46,47)/b7-5-,10-9-,13-12-,16-15-,22-21-,28-27+/t32-,33-,34+,35-,36+,37-/m1/s1. The molecule has 0 unspecified atom stereocenters. The minimum Gasteiger partial charge on any atom is -0.462 e. The summed E-state index contributed by atoms with van der Waals surface area (Å²) >= 11 is 0. The van der Waals surface area contributed by atoms with E-state index in [1.54, 1.807) is 24.3 Å². The number of aliphatic hydroxyl groups excluding tert-OH is 3. The van der Waals surface area contributed by atoms with E-state index in [0.717, 1.165) is 57.8 Å². The lowest BCUT2D eigenvalue weighted by atomic mass is 9.89. The van der Waals surface area contributed by atoms with Gasteiger partial charge in [0.15, 0.2) is 6.10 Å². The van der Waals surface area contributed by atoms with Gasteiger partial charge in [-0.05, 0) is 63.7 Å². The highest BCUT2D eigenvalue weighted by atomic mass is 31.2. The van der Waals surface area contributed by atoms with Crippen LogP contribution in [0.15, 0.2) is 72.9 Å². The van der Waals surface area contributed by atoms with E-state index in [4.69, 9.17) is 19.3 Å². The molecule has 1 aliphatic carbocycles. The predicted molar refractivity (Wildman–Crippen MR) is 199 cm³/mol. The van der Waals surface area contributed by atoms with E-state index in [-0.39, 0.29) is 31.1 Å². The molecule has 1 aliphatic rings. The Morgan fingerprint density at radius 1 is 0.804 bits per heavy atom. The Hall–Kier alpha value is -2.63. The maximum atomic E-state index is 12.5. The van der Waals surface area contributed by atoms with Gasteiger partial charge in [0.2, 0.25) is 0 Å². The smallest absolute Gasteiger partial charge is 0.462 e. The Kier molecular flexibility index (Phi) is 26.3. The van der Waals surface area contributed by atoms with Gasteiger partial charge in [0.05, 0.1) is 31.3 Å². The van der Waals surface area contributed by atoms with E-state index >= 15 is 0 Å². The van der Waals surface area contributed by atoms with Crippen molar-refractivity contribution in [3.63, 3.8) is 0 Å². The van der Waals surface area contributed by atoms with Crippen LogP contribution in [0.25, 0.3) is 0 Å². The second kappa shape index (κ2) is 28.9. The number of hydrogen-bond acceptors (Lipinski definition) is 9. The predicted octanol–water partition coefficient (Wildman–Crippen LogP) is 7.11. The van der Waals surface area contributed by atoms with Crippen molar-refractivity contribution in [1.82, 2.24) is 0 Å². The number of ether oxygens (including phenoxy) is 2. The minimum absolute atomic E-state index is 0.145. The maximum Gasteiger partial charge on any atom is 0.469 e. The van der Waals surface area contributed by atoms with E-state index < -0.39 is 57.4 Å². The van der Waals surface area contributed by atoms with Gasteiger partial charge in [0.25, 0.3) is 0 Å². The summed E-state index contributed by atoms with van der Waals surface area (Å²) in [5, 5.41) is 31.1. The van der Waals surface area contributed by atoms with E-state index in [9.17, 15) is 29.5 Å². The average molecular weight is 739 g/mol. The van der Waals surface area contributed by atoms with Gasteiger partial charge in [-0.2, -0.15) is 0 Å². The van der Waals surface area contributed by atoms with Gasteiger partial charge in [-0.15, -0.1) is 0 Å². The first-order valence-corrected chi connectivity index (χ1v) is 20.0. The highest BCUT2D eigenvalue weighted by Crippen LogP contribution is 2.37. The fourth-order valence-corrected chi connectivity index (χ4v) is 5.87. The SMILES string of the molecule is CC/C=C\C/C=C\C/C=C\C/C=C\CCCCC(=O)OC[C@H](COP(=O)(O)O)OC(=O)C/C=C\C[C@H]1[C@@H](/C=C/[C@H](O)CCCCC)[C@H](O)C[C@@H]1O. The zero-order valence-corrected chi connectivity index (χ0v) is 31.4. The molecule has 0 aliphatic heterocycles. The van der Waals surface area contributed by atoms with Crippen molar-refractivity contribution in [2.75, 3.05) is 13.2 Å². The van der Waals surface area contributed by atoms with Crippen LogP contribution in [-0.2, 0) is 28.2 Å². The number of aliphatic hydroxyl groups is 3. The molecular formula is C39H63O11P. The molecule has 0 aromatic rings. The molecule has 0 aromatic heterocycles. The number of carbonyl (C=O) groups is 2. The molecule has 0 aromatic carbocycles. The first kappa shape index (κ1) is 46.4. The second-order valence-electron chi connectivity index (χ2n) is 12.8. The van der Waals surface area contributed by atoms with Gasteiger partial charge >= 0.3 is 19.8 Å².